The highest BCUT2D eigenvalue weighted by Gasteiger charge is 2.40. The Balaban J connectivity index is 2.03. The van der Waals surface area contributed by atoms with E-state index in [0.717, 1.165) is 4.47 Å². The highest BCUT2D eigenvalue weighted by atomic mass is 79.9. The van der Waals surface area contributed by atoms with Crippen LogP contribution in [0.15, 0.2) is 56.1 Å². The molecule has 4 nitrogen and oxygen atoms in total. The van der Waals surface area contributed by atoms with Crippen LogP contribution in [0.5, 0.6) is 0 Å². The average Bonchev–Trinajstić information content (AvgIpc) is 2.82. The molecule has 2 heterocycles. The summed E-state index contributed by atoms with van der Waals surface area (Å²) in [6.45, 7) is 0. The molecule has 24 heavy (non-hydrogen) atoms. The molecule has 6 heteroatoms. The van der Waals surface area contributed by atoms with Crippen LogP contribution in [0.3, 0.4) is 0 Å². The van der Waals surface area contributed by atoms with Gasteiger partial charge in [0.2, 0.25) is 5.76 Å². The molecule has 1 aliphatic rings. The van der Waals surface area contributed by atoms with Crippen molar-refractivity contribution in [2.45, 2.75) is 6.04 Å². The second-order valence-electron chi connectivity index (χ2n) is 5.68. The molecule has 1 amide bonds. The van der Waals surface area contributed by atoms with Crippen molar-refractivity contribution in [3.8, 4) is 0 Å². The monoisotopic (exact) mass is 387 g/mol. The minimum absolute atomic E-state index is 0.0478. The Morgan fingerprint density at radius 3 is 2.54 bits per heavy atom. The predicted molar refractivity (Wildman–Crippen MR) is 90.5 cm³/mol. The van der Waals surface area contributed by atoms with Crippen molar-refractivity contribution in [3.63, 3.8) is 0 Å². The molecule has 4 rings (SSSR count). The number of halogens is 2. The van der Waals surface area contributed by atoms with Crippen LogP contribution in [0.1, 0.15) is 27.7 Å². The minimum atomic E-state index is -0.590. The third kappa shape index (κ3) is 2.10. The van der Waals surface area contributed by atoms with E-state index in [0.29, 0.717) is 22.1 Å². The van der Waals surface area contributed by atoms with Gasteiger partial charge in [-0.1, -0.05) is 28.1 Å². The number of rotatable bonds is 1. The maximum absolute atomic E-state index is 13.2. The summed E-state index contributed by atoms with van der Waals surface area (Å²) < 4.78 is 19.7. The second-order valence-corrected chi connectivity index (χ2v) is 6.60. The molecule has 1 aliphatic heterocycles. The van der Waals surface area contributed by atoms with Crippen molar-refractivity contribution in [3.05, 3.63) is 79.9 Å². The zero-order valence-electron chi connectivity index (χ0n) is 12.5. The van der Waals surface area contributed by atoms with Gasteiger partial charge in [0.15, 0.2) is 5.43 Å². The van der Waals surface area contributed by atoms with Crippen LogP contribution in [0.2, 0.25) is 0 Å². The molecule has 0 spiro atoms. The van der Waals surface area contributed by atoms with Gasteiger partial charge in [0.25, 0.3) is 5.91 Å². The van der Waals surface area contributed by atoms with Crippen molar-refractivity contribution in [2.75, 3.05) is 7.05 Å². The summed E-state index contributed by atoms with van der Waals surface area (Å²) in [4.78, 5) is 26.9. The SMILES string of the molecule is CN1C(=O)c2oc3ccc(Br)cc3c(=O)c2C1c1ccc(F)cc1. The number of hydrogen-bond donors (Lipinski definition) is 0. The van der Waals surface area contributed by atoms with Crippen LogP contribution >= 0.6 is 15.9 Å². The van der Waals surface area contributed by atoms with Gasteiger partial charge in [-0.3, -0.25) is 9.59 Å². The second kappa shape index (κ2) is 5.27. The number of benzene rings is 2. The Morgan fingerprint density at radius 1 is 1.12 bits per heavy atom. The number of fused-ring (bicyclic) bond motifs is 2. The Morgan fingerprint density at radius 2 is 1.83 bits per heavy atom. The fourth-order valence-corrected chi connectivity index (χ4v) is 3.46. The molecule has 0 aliphatic carbocycles. The van der Waals surface area contributed by atoms with Gasteiger partial charge in [-0.25, -0.2) is 4.39 Å². The van der Waals surface area contributed by atoms with E-state index in [1.54, 1.807) is 37.4 Å². The summed E-state index contributed by atoms with van der Waals surface area (Å²) in [5.41, 5.74) is 1.07. The summed E-state index contributed by atoms with van der Waals surface area (Å²) >= 11 is 3.34. The van der Waals surface area contributed by atoms with Crippen LogP contribution in [0.25, 0.3) is 11.0 Å². The fourth-order valence-electron chi connectivity index (χ4n) is 3.10. The van der Waals surface area contributed by atoms with Gasteiger partial charge in [0.05, 0.1) is 17.0 Å². The van der Waals surface area contributed by atoms with Gasteiger partial charge in [-0.05, 0) is 35.9 Å². The van der Waals surface area contributed by atoms with Gasteiger partial charge >= 0.3 is 0 Å². The molecule has 1 aromatic heterocycles. The molecule has 120 valence electrons. The van der Waals surface area contributed by atoms with E-state index in [1.807, 2.05) is 0 Å². The molecule has 0 bridgehead atoms. The van der Waals surface area contributed by atoms with E-state index < -0.39 is 6.04 Å². The Bertz CT molecular complexity index is 1040. The van der Waals surface area contributed by atoms with Gasteiger partial charge in [0, 0.05) is 11.5 Å². The summed E-state index contributed by atoms with van der Waals surface area (Å²) in [5.74, 6) is -0.687. The predicted octanol–water partition coefficient (Wildman–Crippen LogP) is 3.87. The number of nitrogens with zero attached hydrogens (tertiary/aromatic N) is 1. The highest BCUT2D eigenvalue weighted by Crippen LogP contribution is 2.37. The smallest absolute Gasteiger partial charge is 0.290 e. The van der Waals surface area contributed by atoms with E-state index in [9.17, 15) is 14.0 Å². The molecule has 3 aromatic rings. The maximum atomic E-state index is 13.2. The fraction of sp³-hybridized carbons (Fsp3) is 0.111. The van der Waals surface area contributed by atoms with E-state index in [4.69, 9.17) is 4.42 Å². The lowest BCUT2D eigenvalue weighted by atomic mass is 9.99. The first kappa shape index (κ1) is 15.1. The Labute approximate surface area is 144 Å². The first-order valence-electron chi connectivity index (χ1n) is 7.26. The lowest BCUT2D eigenvalue weighted by Gasteiger charge is -2.20. The number of amides is 1. The quantitative estimate of drug-likeness (QED) is 0.636. The van der Waals surface area contributed by atoms with Crippen LogP contribution in [0, 0.1) is 5.82 Å². The lowest BCUT2D eigenvalue weighted by molar-refractivity contribution is 0.0771. The van der Waals surface area contributed by atoms with Crippen LogP contribution in [0.4, 0.5) is 4.39 Å². The summed E-state index contributed by atoms with van der Waals surface area (Å²) in [7, 11) is 1.60. The molecule has 0 saturated carbocycles. The van der Waals surface area contributed by atoms with E-state index >= 15 is 0 Å². The van der Waals surface area contributed by atoms with Gasteiger partial charge < -0.3 is 9.32 Å². The van der Waals surface area contributed by atoms with Gasteiger partial charge in [-0.2, -0.15) is 0 Å². The molecule has 1 unspecified atom stereocenters. The van der Waals surface area contributed by atoms with E-state index in [-0.39, 0.29) is 22.9 Å². The van der Waals surface area contributed by atoms with Crippen LogP contribution in [-0.4, -0.2) is 17.9 Å². The molecule has 0 radical (unpaired) electrons. The summed E-state index contributed by atoms with van der Waals surface area (Å²) in [5, 5.41) is 0.401. The number of carbonyl (C=O) groups is 1. The topological polar surface area (TPSA) is 50.5 Å². The van der Waals surface area contributed by atoms with Crippen molar-refractivity contribution in [1.29, 1.82) is 0 Å². The molecular formula is C18H11BrFNO3. The Kier molecular flexibility index (Phi) is 3.31. The standard InChI is InChI=1S/C18H11BrFNO3/c1-21-15(9-2-5-11(20)6-3-9)14-16(22)12-8-10(19)4-7-13(12)24-17(14)18(21)23/h2-8,15H,1H3. The zero-order valence-corrected chi connectivity index (χ0v) is 14.1. The van der Waals surface area contributed by atoms with Gasteiger partial charge in [-0.15, -0.1) is 0 Å². The third-order valence-corrected chi connectivity index (χ3v) is 4.74. The van der Waals surface area contributed by atoms with Crippen molar-refractivity contribution >= 4 is 32.8 Å². The van der Waals surface area contributed by atoms with Crippen LogP contribution < -0.4 is 5.43 Å². The normalized spacial score (nSPS) is 16.7. The van der Waals surface area contributed by atoms with Crippen LogP contribution in [-0.2, 0) is 0 Å². The van der Waals surface area contributed by atoms with E-state index in [2.05, 4.69) is 15.9 Å². The van der Waals surface area contributed by atoms with Crippen molar-refractivity contribution in [2.24, 2.45) is 0 Å². The lowest BCUT2D eigenvalue weighted by Crippen LogP contribution is -2.25. The van der Waals surface area contributed by atoms with Crippen molar-refractivity contribution in [1.82, 2.24) is 4.90 Å². The molecule has 0 saturated heterocycles. The maximum Gasteiger partial charge on any atom is 0.290 e. The first-order valence-corrected chi connectivity index (χ1v) is 8.05. The third-order valence-electron chi connectivity index (χ3n) is 4.25. The average molecular weight is 388 g/mol. The molecule has 0 fully saturated rings. The molecule has 0 N–H and O–H groups in total. The molecular weight excluding hydrogens is 377 g/mol. The minimum Gasteiger partial charge on any atom is -0.450 e. The Hall–Kier alpha value is -2.47. The largest absolute Gasteiger partial charge is 0.450 e. The number of hydrogen-bond acceptors (Lipinski definition) is 3. The summed E-state index contributed by atoms with van der Waals surface area (Å²) in [6, 6.07) is 10.2. The number of carbonyl (C=O) groups excluding carboxylic acids is 1. The first-order chi connectivity index (χ1) is 11.5. The highest BCUT2D eigenvalue weighted by molar-refractivity contribution is 9.10. The van der Waals surface area contributed by atoms with E-state index in [1.165, 1.54) is 17.0 Å². The molecule has 1 atom stereocenters. The van der Waals surface area contributed by atoms with Crippen molar-refractivity contribution < 1.29 is 13.6 Å². The summed E-state index contributed by atoms with van der Waals surface area (Å²) in [6.07, 6.45) is 0. The molecule has 2 aromatic carbocycles. The van der Waals surface area contributed by atoms with Gasteiger partial charge in [0.1, 0.15) is 11.4 Å². The zero-order chi connectivity index (χ0) is 17.0.